The first-order chi connectivity index (χ1) is 9.09. The minimum Gasteiger partial charge on any atom is -0.358 e. The normalized spacial score (nSPS) is 6.36. The fourth-order valence-electron chi connectivity index (χ4n) is 0.789. The van der Waals surface area contributed by atoms with Gasteiger partial charge in [-0.05, 0) is 11.8 Å². The van der Waals surface area contributed by atoms with E-state index in [1.54, 1.807) is 13.8 Å². The maximum absolute atomic E-state index is 3.25. The van der Waals surface area contributed by atoms with Gasteiger partial charge in [0.05, 0.1) is 0 Å². The van der Waals surface area contributed by atoms with Crippen LogP contribution in [0.1, 0.15) is 95.9 Å². The monoisotopic (exact) mass is 884 g/mol. The molecule has 0 saturated carbocycles. The van der Waals surface area contributed by atoms with Crippen LogP contribution in [-0.4, -0.2) is 0 Å². The van der Waals surface area contributed by atoms with E-state index in [0.717, 1.165) is 11.8 Å². The Bertz CT molecular complexity index is 76.7. The van der Waals surface area contributed by atoms with E-state index < -0.39 is 0 Å². The molecule has 0 aliphatic heterocycles. The maximum Gasteiger partial charge on any atom is 2.00 e. The molecule has 0 spiro atoms. The summed E-state index contributed by atoms with van der Waals surface area (Å²) in [7, 11) is 0. The van der Waals surface area contributed by atoms with Crippen molar-refractivity contribution in [3.8, 4) is 0 Å². The molecular weight excluding hydrogens is 834 g/mol. The van der Waals surface area contributed by atoms with Crippen LogP contribution in [0.5, 0.6) is 0 Å². The molecule has 0 aromatic rings. The van der Waals surface area contributed by atoms with Crippen LogP contribution in [0, 0.1) is 70.6 Å². The fraction of sp³-hybridized carbons (Fsp3) is 0.800. The van der Waals surface area contributed by atoms with Crippen LogP contribution < -0.4 is 0 Å². The van der Waals surface area contributed by atoms with Gasteiger partial charge >= 0.3 is 31.1 Å². The van der Waals surface area contributed by atoms with Gasteiger partial charge in [-0.1, -0.05) is 68.2 Å². The van der Waals surface area contributed by atoms with Gasteiger partial charge in [0.2, 0.25) is 0 Å². The Balaban J connectivity index is -0.00000000880. The third-order valence-corrected chi connectivity index (χ3v) is 1.88. The van der Waals surface area contributed by atoms with Crippen molar-refractivity contribution in [3.63, 3.8) is 0 Å². The van der Waals surface area contributed by atoms with Gasteiger partial charge in [-0.25, -0.2) is 0 Å². The fourth-order valence-corrected chi connectivity index (χ4v) is 0.789. The van der Waals surface area contributed by atoms with E-state index in [1.807, 2.05) is 48.0 Å². The average molecular weight is 884 g/mol. The van der Waals surface area contributed by atoms with Crippen molar-refractivity contribution in [1.29, 1.82) is 0 Å². The summed E-state index contributed by atoms with van der Waals surface area (Å²) in [6.45, 7) is 31.2. The molecular formula is C20H50UY4-2. The topological polar surface area (TPSA) is 0 Å². The molecule has 0 aliphatic rings. The molecule has 0 saturated heterocycles. The molecule has 4 radical (unpaired) electrons. The zero-order valence-electron chi connectivity index (χ0n) is 20.4. The molecule has 0 aromatic heterocycles. The van der Waals surface area contributed by atoms with Gasteiger partial charge in [0.1, 0.15) is 0 Å². The molecule has 0 nitrogen and oxygen atoms in total. The van der Waals surface area contributed by atoms with Crippen molar-refractivity contribution in [3.05, 3.63) is 27.7 Å². The minimum absolute atomic E-state index is 0. The molecule has 0 fully saturated rings. The second-order valence-electron chi connectivity index (χ2n) is 3.59. The Morgan fingerprint density at radius 1 is 0.720 bits per heavy atom. The number of rotatable bonds is 3. The molecule has 0 N–H and O–H groups in total. The van der Waals surface area contributed by atoms with Crippen molar-refractivity contribution < 1.29 is 162 Å². The van der Waals surface area contributed by atoms with Crippen LogP contribution in [0.4, 0.5) is 0 Å². The Hall–Kier alpha value is 5.47. The van der Waals surface area contributed by atoms with Gasteiger partial charge in [-0.15, -0.1) is 0 Å². The first-order valence-electron chi connectivity index (χ1n) is 8.25. The van der Waals surface area contributed by atoms with Crippen molar-refractivity contribution in [2.24, 2.45) is 11.8 Å². The largest absolute Gasteiger partial charge is 2.00 e. The van der Waals surface area contributed by atoms with E-state index >= 15 is 0 Å². The van der Waals surface area contributed by atoms with Gasteiger partial charge in [0, 0.05) is 131 Å². The summed E-state index contributed by atoms with van der Waals surface area (Å²) in [6.07, 6.45) is 4.72. The van der Waals surface area contributed by atoms with Crippen LogP contribution in [-0.2, 0) is 131 Å². The molecule has 0 aromatic carbocycles. The summed E-state index contributed by atoms with van der Waals surface area (Å²) in [5, 5.41) is 0. The Labute approximate surface area is 291 Å². The van der Waals surface area contributed by atoms with Gasteiger partial charge in [-0.2, -0.15) is 27.7 Å². The van der Waals surface area contributed by atoms with Crippen molar-refractivity contribution >= 4 is 0 Å². The van der Waals surface area contributed by atoms with Crippen LogP contribution in [0.25, 0.3) is 0 Å². The summed E-state index contributed by atoms with van der Waals surface area (Å²) < 4.78 is 0. The molecule has 0 heterocycles. The van der Waals surface area contributed by atoms with Crippen LogP contribution in [0.2, 0.25) is 0 Å². The summed E-state index contributed by atoms with van der Waals surface area (Å²) in [5.74, 6) is 1.79. The molecule has 0 bridgehead atoms. The Morgan fingerprint density at radius 2 is 0.880 bits per heavy atom. The van der Waals surface area contributed by atoms with Crippen LogP contribution in [0.15, 0.2) is 0 Å². The number of hydrogen-bond donors (Lipinski definition) is 0. The van der Waals surface area contributed by atoms with E-state index in [1.165, 1.54) is 12.8 Å². The molecule has 25 heavy (non-hydrogen) atoms. The number of hydrogen-bond acceptors (Lipinski definition) is 0. The predicted octanol–water partition coefficient (Wildman–Crippen LogP) is 8.48. The standard InChI is InChI=1S/C8H18.C3H7.2C2H6.2C2H5.CH3.U.4Y/c1-5-6-8(4)7(2)3;1-3-2;4*1-2;;;;;;/h7-8H,5-6H2,1-4H3;3H,1-2H3;2*1-2H3;2*1H2,2H3;1H3;;;;;/q;-1;;;3*-1;+2;;;;. The second kappa shape index (κ2) is 114. The van der Waals surface area contributed by atoms with Gasteiger partial charge < -0.3 is 27.7 Å². The first-order valence-corrected chi connectivity index (χ1v) is 8.25. The smallest absolute Gasteiger partial charge is 0.358 e. The summed E-state index contributed by atoms with van der Waals surface area (Å²) >= 11 is 0. The molecule has 1 atom stereocenters. The Morgan fingerprint density at radius 3 is 0.920 bits per heavy atom. The first kappa shape index (κ1) is 77.6. The van der Waals surface area contributed by atoms with Gasteiger partial charge in [-0.3, -0.25) is 0 Å². The quantitative estimate of drug-likeness (QED) is 0.250. The Kier molecular flexibility index (Phi) is 354. The molecule has 1 unspecified atom stereocenters. The molecule has 0 aliphatic carbocycles. The van der Waals surface area contributed by atoms with Crippen molar-refractivity contribution in [2.45, 2.75) is 95.9 Å². The summed E-state index contributed by atoms with van der Waals surface area (Å²) in [5.41, 5.74) is 0. The van der Waals surface area contributed by atoms with E-state index in [-0.39, 0.29) is 169 Å². The van der Waals surface area contributed by atoms with E-state index in [4.69, 9.17) is 0 Å². The van der Waals surface area contributed by atoms with Crippen LogP contribution >= 0.6 is 0 Å². The molecule has 148 valence electrons. The SMILES string of the molecule is CC.CC.CCCC(C)C(C)C.C[CH-]C.[CH2-]C.[CH2-]C.[CH3-].[U+2].[Y].[Y].[Y].[Y]. The van der Waals surface area contributed by atoms with Crippen LogP contribution in [0.3, 0.4) is 0 Å². The molecule has 0 amide bonds. The summed E-state index contributed by atoms with van der Waals surface area (Å²) in [4.78, 5) is 0. The molecule has 0 rings (SSSR count). The third kappa shape index (κ3) is 143. The third-order valence-electron chi connectivity index (χ3n) is 1.88. The zero-order valence-corrected chi connectivity index (χ0v) is 35.9. The second-order valence-corrected chi connectivity index (χ2v) is 3.59. The van der Waals surface area contributed by atoms with Crippen molar-refractivity contribution in [1.82, 2.24) is 0 Å². The predicted molar refractivity (Wildman–Crippen MR) is 106 cm³/mol. The maximum atomic E-state index is 3.25. The average Bonchev–Trinajstić information content (AvgIpc) is 2.48. The van der Waals surface area contributed by atoms with Gasteiger partial charge in [0.25, 0.3) is 0 Å². The van der Waals surface area contributed by atoms with E-state index in [9.17, 15) is 0 Å². The minimum atomic E-state index is 0. The summed E-state index contributed by atoms with van der Waals surface area (Å²) in [6, 6.07) is 0. The molecule has 5 heteroatoms. The van der Waals surface area contributed by atoms with Crippen molar-refractivity contribution in [2.75, 3.05) is 0 Å². The van der Waals surface area contributed by atoms with E-state index in [0.29, 0.717) is 0 Å². The van der Waals surface area contributed by atoms with Gasteiger partial charge in [0.15, 0.2) is 0 Å². The zero-order chi connectivity index (χ0) is 17.3. The van der Waals surface area contributed by atoms with E-state index in [2.05, 4.69) is 41.5 Å².